The van der Waals surface area contributed by atoms with Gasteiger partial charge >= 0.3 is 6.03 Å². The molecular weight excluding hydrogens is 322 g/mol. The first-order valence-electron chi connectivity index (χ1n) is 7.87. The van der Waals surface area contributed by atoms with E-state index in [4.69, 9.17) is 4.74 Å². The van der Waals surface area contributed by atoms with Crippen molar-refractivity contribution in [2.75, 3.05) is 19.0 Å². The number of carbonyl (C=O) groups excluding carboxylic acids is 1. The van der Waals surface area contributed by atoms with Gasteiger partial charge in [0.15, 0.2) is 0 Å². The monoisotopic (exact) mass is 341 g/mol. The zero-order chi connectivity index (χ0) is 17.6. The maximum Gasteiger partial charge on any atom is 0.319 e. The van der Waals surface area contributed by atoms with Gasteiger partial charge in [-0.05, 0) is 24.6 Å². The van der Waals surface area contributed by atoms with Crippen molar-refractivity contribution in [2.45, 2.75) is 13.0 Å². The molecule has 3 rings (SSSR count). The van der Waals surface area contributed by atoms with Gasteiger partial charge in [0, 0.05) is 37.2 Å². The fourth-order valence-electron chi connectivity index (χ4n) is 2.47. The number of benzene rings is 1. The third kappa shape index (κ3) is 3.97. The van der Waals surface area contributed by atoms with Gasteiger partial charge in [0.2, 0.25) is 5.43 Å². The molecule has 0 bridgehead atoms. The van der Waals surface area contributed by atoms with Crippen LogP contribution in [0.4, 0.5) is 10.5 Å². The Hall–Kier alpha value is -3.29. The number of methoxy groups -OCH3 is 1. The number of pyridine rings is 1. The van der Waals surface area contributed by atoms with E-state index in [0.29, 0.717) is 23.2 Å². The van der Waals surface area contributed by atoms with Gasteiger partial charge in [-0.25, -0.2) is 9.78 Å². The first-order valence-corrected chi connectivity index (χ1v) is 7.87. The molecule has 8 heteroatoms. The molecule has 0 aliphatic rings. The summed E-state index contributed by atoms with van der Waals surface area (Å²) in [6.45, 7) is 1.25. The number of nitrogens with zero attached hydrogens (tertiary/aromatic N) is 2. The third-order valence-corrected chi connectivity index (χ3v) is 3.77. The van der Waals surface area contributed by atoms with Gasteiger partial charge in [-0.2, -0.15) is 0 Å². The number of anilines is 1. The smallest absolute Gasteiger partial charge is 0.319 e. The number of ether oxygens (including phenoxy) is 1. The molecule has 2 aromatic heterocycles. The number of imidazole rings is 1. The summed E-state index contributed by atoms with van der Waals surface area (Å²) in [7, 11) is 1.54. The molecule has 3 N–H and O–H groups in total. The van der Waals surface area contributed by atoms with Gasteiger partial charge in [-0.1, -0.05) is 0 Å². The SMILES string of the molecule is COc1ccc2[nH]cc(NC(=O)NCCCn3ccnc3)c(=O)c2c1. The summed E-state index contributed by atoms with van der Waals surface area (Å²) in [5.74, 6) is 0.583. The average Bonchev–Trinajstić information content (AvgIpc) is 3.14. The minimum Gasteiger partial charge on any atom is -0.497 e. The Kier molecular flexibility index (Phi) is 4.98. The van der Waals surface area contributed by atoms with E-state index < -0.39 is 6.03 Å². The number of hydrogen-bond donors (Lipinski definition) is 3. The summed E-state index contributed by atoms with van der Waals surface area (Å²) in [4.78, 5) is 31.4. The summed E-state index contributed by atoms with van der Waals surface area (Å²) in [6.07, 6.45) is 7.55. The highest BCUT2D eigenvalue weighted by Gasteiger charge is 2.09. The lowest BCUT2D eigenvalue weighted by molar-refractivity contribution is 0.252. The largest absolute Gasteiger partial charge is 0.497 e. The average molecular weight is 341 g/mol. The number of hydrogen-bond acceptors (Lipinski definition) is 4. The van der Waals surface area contributed by atoms with Crippen molar-refractivity contribution in [2.24, 2.45) is 0 Å². The van der Waals surface area contributed by atoms with E-state index in [2.05, 4.69) is 20.6 Å². The number of amides is 2. The summed E-state index contributed by atoms with van der Waals surface area (Å²) >= 11 is 0. The summed E-state index contributed by atoms with van der Waals surface area (Å²) in [5.41, 5.74) is 0.603. The number of urea groups is 1. The zero-order valence-electron chi connectivity index (χ0n) is 13.8. The van der Waals surface area contributed by atoms with Gasteiger partial charge in [-0.15, -0.1) is 0 Å². The molecule has 0 unspecified atom stereocenters. The van der Waals surface area contributed by atoms with Gasteiger partial charge in [0.25, 0.3) is 0 Å². The van der Waals surface area contributed by atoms with Crippen molar-refractivity contribution < 1.29 is 9.53 Å². The van der Waals surface area contributed by atoms with Crippen LogP contribution in [0.5, 0.6) is 5.75 Å². The molecule has 3 aromatic rings. The normalized spacial score (nSPS) is 10.6. The van der Waals surface area contributed by atoms with Crippen LogP contribution in [0.15, 0.2) is 47.9 Å². The van der Waals surface area contributed by atoms with E-state index >= 15 is 0 Å². The van der Waals surface area contributed by atoms with Crippen molar-refractivity contribution in [3.63, 3.8) is 0 Å². The van der Waals surface area contributed by atoms with E-state index in [-0.39, 0.29) is 11.1 Å². The second-order valence-electron chi connectivity index (χ2n) is 5.48. The molecule has 0 fully saturated rings. The number of carbonyl (C=O) groups is 1. The second kappa shape index (κ2) is 7.52. The minimum atomic E-state index is -0.418. The molecular formula is C17H19N5O3. The Labute approximate surface area is 143 Å². The molecule has 2 amide bonds. The predicted molar refractivity (Wildman–Crippen MR) is 95.0 cm³/mol. The van der Waals surface area contributed by atoms with E-state index in [1.54, 1.807) is 30.7 Å². The predicted octanol–water partition coefficient (Wildman–Crippen LogP) is 1.95. The Morgan fingerprint density at radius 2 is 2.28 bits per heavy atom. The molecule has 0 atom stereocenters. The lowest BCUT2D eigenvalue weighted by Crippen LogP contribution is -2.31. The molecule has 0 radical (unpaired) electrons. The summed E-state index contributed by atoms with van der Waals surface area (Å²) in [5, 5.41) is 5.77. The Balaban J connectivity index is 1.60. The highest BCUT2D eigenvalue weighted by molar-refractivity contribution is 5.92. The Morgan fingerprint density at radius 1 is 1.40 bits per heavy atom. The molecule has 130 valence electrons. The van der Waals surface area contributed by atoms with E-state index in [0.717, 1.165) is 13.0 Å². The fourth-order valence-corrected chi connectivity index (χ4v) is 2.47. The zero-order valence-corrected chi connectivity index (χ0v) is 13.8. The van der Waals surface area contributed by atoms with E-state index in [1.807, 2.05) is 10.8 Å². The third-order valence-electron chi connectivity index (χ3n) is 3.77. The van der Waals surface area contributed by atoms with Crippen LogP contribution in [0.1, 0.15) is 6.42 Å². The molecule has 8 nitrogen and oxygen atoms in total. The maximum atomic E-state index is 12.5. The van der Waals surface area contributed by atoms with E-state index in [9.17, 15) is 9.59 Å². The second-order valence-corrected chi connectivity index (χ2v) is 5.48. The van der Waals surface area contributed by atoms with Gasteiger partial charge in [-0.3, -0.25) is 4.79 Å². The molecule has 2 heterocycles. The molecule has 0 aliphatic heterocycles. The van der Waals surface area contributed by atoms with Crippen LogP contribution in [0, 0.1) is 0 Å². The molecule has 25 heavy (non-hydrogen) atoms. The fraction of sp³-hybridized carbons (Fsp3) is 0.235. The van der Waals surface area contributed by atoms with Crippen LogP contribution in [-0.4, -0.2) is 34.2 Å². The summed E-state index contributed by atoms with van der Waals surface area (Å²) in [6, 6.07) is 4.74. The Morgan fingerprint density at radius 3 is 3.04 bits per heavy atom. The van der Waals surface area contributed by atoms with Crippen molar-refractivity contribution in [3.8, 4) is 5.75 Å². The first kappa shape index (κ1) is 16.6. The molecule has 0 aliphatic carbocycles. The van der Waals surface area contributed by atoms with Crippen molar-refractivity contribution in [1.29, 1.82) is 0 Å². The molecule has 0 saturated heterocycles. The van der Waals surface area contributed by atoms with Crippen molar-refractivity contribution in [3.05, 3.63) is 53.3 Å². The molecule has 0 saturated carbocycles. The van der Waals surface area contributed by atoms with Crippen LogP contribution < -0.4 is 20.8 Å². The van der Waals surface area contributed by atoms with Gasteiger partial charge in [0.05, 0.1) is 18.8 Å². The van der Waals surface area contributed by atoms with Crippen LogP contribution in [0.3, 0.4) is 0 Å². The minimum absolute atomic E-state index is 0.188. The lowest BCUT2D eigenvalue weighted by Gasteiger charge is -2.09. The van der Waals surface area contributed by atoms with Gasteiger partial charge in [0.1, 0.15) is 11.4 Å². The molecule has 0 spiro atoms. The number of rotatable bonds is 6. The van der Waals surface area contributed by atoms with Crippen LogP contribution in [-0.2, 0) is 6.54 Å². The van der Waals surface area contributed by atoms with Crippen molar-refractivity contribution >= 4 is 22.6 Å². The number of fused-ring (bicyclic) bond motifs is 1. The van der Waals surface area contributed by atoms with E-state index in [1.165, 1.54) is 13.3 Å². The topological polar surface area (TPSA) is 101 Å². The Bertz CT molecular complexity index is 918. The standard InChI is InChI=1S/C17H19N5O3/c1-25-12-3-4-14-13(9-12)16(23)15(10-20-14)21-17(24)19-5-2-7-22-8-6-18-11-22/h3-4,6,8-11H,2,5,7H2,1H3,(H,20,23)(H2,19,21,24). The maximum absolute atomic E-state index is 12.5. The quantitative estimate of drug-likeness (QED) is 0.596. The van der Waals surface area contributed by atoms with Gasteiger partial charge < -0.3 is 24.9 Å². The van der Waals surface area contributed by atoms with Crippen LogP contribution >= 0.6 is 0 Å². The van der Waals surface area contributed by atoms with Crippen LogP contribution in [0.2, 0.25) is 0 Å². The summed E-state index contributed by atoms with van der Waals surface area (Å²) < 4.78 is 7.07. The molecule has 1 aromatic carbocycles. The lowest BCUT2D eigenvalue weighted by atomic mass is 10.2. The van der Waals surface area contributed by atoms with Crippen molar-refractivity contribution in [1.82, 2.24) is 19.9 Å². The number of aromatic amines is 1. The highest BCUT2D eigenvalue weighted by Crippen LogP contribution is 2.17. The number of aryl methyl sites for hydroxylation is 1. The van der Waals surface area contributed by atoms with Crippen LogP contribution in [0.25, 0.3) is 10.9 Å². The number of nitrogens with one attached hydrogen (secondary N) is 3. The first-order chi connectivity index (χ1) is 12.2. The number of H-pyrrole nitrogens is 1. The highest BCUT2D eigenvalue weighted by atomic mass is 16.5. The number of aromatic nitrogens is 3.